The zero-order valence-corrected chi connectivity index (χ0v) is 16.4. The van der Waals surface area contributed by atoms with Gasteiger partial charge in [0.05, 0.1) is 17.9 Å². The standard InChI is InChI=1S/C23H23FN2O3/c1-2-29-19-8-6-7-18(15-19)26-22(27)20(16-9-11-17(24)12-10-16)21(23(26)28)25-13-4-3-5-14-25/h6-12,15H,2-5,13-14H2,1H3. The van der Waals surface area contributed by atoms with Crippen molar-refractivity contribution in [2.45, 2.75) is 26.2 Å². The van der Waals surface area contributed by atoms with Crippen LogP contribution in [0.15, 0.2) is 54.2 Å². The van der Waals surface area contributed by atoms with Crippen molar-refractivity contribution in [1.29, 1.82) is 0 Å². The van der Waals surface area contributed by atoms with Crippen LogP contribution in [0.25, 0.3) is 5.57 Å². The van der Waals surface area contributed by atoms with Crippen molar-refractivity contribution >= 4 is 23.1 Å². The number of nitrogens with zero attached hydrogens (tertiary/aromatic N) is 2. The van der Waals surface area contributed by atoms with Crippen LogP contribution in [0.2, 0.25) is 0 Å². The normalized spacial score (nSPS) is 17.3. The van der Waals surface area contributed by atoms with E-state index < -0.39 is 5.91 Å². The molecule has 0 aliphatic carbocycles. The zero-order valence-electron chi connectivity index (χ0n) is 16.4. The highest BCUT2D eigenvalue weighted by molar-refractivity contribution is 6.45. The van der Waals surface area contributed by atoms with Gasteiger partial charge >= 0.3 is 0 Å². The van der Waals surface area contributed by atoms with E-state index in [4.69, 9.17) is 4.74 Å². The second-order valence-electron chi connectivity index (χ2n) is 7.15. The number of likely N-dealkylation sites (tertiary alicyclic amines) is 1. The van der Waals surface area contributed by atoms with Gasteiger partial charge in [-0.15, -0.1) is 0 Å². The molecule has 0 atom stereocenters. The molecule has 6 heteroatoms. The molecule has 0 radical (unpaired) electrons. The van der Waals surface area contributed by atoms with Gasteiger partial charge < -0.3 is 9.64 Å². The van der Waals surface area contributed by atoms with Gasteiger partial charge in [0.25, 0.3) is 11.8 Å². The maximum absolute atomic E-state index is 13.5. The minimum absolute atomic E-state index is 0.332. The van der Waals surface area contributed by atoms with Gasteiger partial charge in [0.2, 0.25) is 0 Å². The molecule has 29 heavy (non-hydrogen) atoms. The number of rotatable bonds is 5. The second-order valence-corrected chi connectivity index (χ2v) is 7.15. The number of imide groups is 1. The van der Waals surface area contributed by atoms with E-state index in [2.05, 4.69) is 0 Å². The number of ether oxygens (including phenoxy) is 1. The van der Waals surface area contributed by atoms with E-state index >= 15 is 0 Å². The first-order chi connectivity index (χ1) is 14.1. The van der Waals surface area contributed by atoms with Gasteiger partial charge in [-0.25, -0.2) is 9.29 Å². The maximum Gasteiger partial charge on any atom is 0.282 e. The summed E-state index contributed by atoms with van der Waals surface area (Å²) >= 11 is 0. The molecular weight excluding hydrogens is 371 g/mol. The van der Waals surface area contributed by atoms with E-state index in [0.717, 1.165) is 32.4 Å². The Morgan fingerprint density at radius 3 is 2.38 bits per heavy atom. The summed E-state index contributed by atoms with van der Waals surface area (Å²) in [7, 11) is 0. The van der Waals surface area contributed by atoms with Crippen LogP contribution in [0, 0.1) is 5.82 Å². The summed E-state index contributed by atoms with van der Waals surface area (Å²) in [6.07, 6.45) is 3.06. The van der Waals surface area contributed by atoms with Gasteiger partial charge in [0, 0.05) is 19.2 Å². The number of benzene rings is 2. The fourth-order valence-corrected chi connectivity index (χ4v) is 3.92. The van der Waals surface area contributed by atoms with Crippen LogP contribution in [-0.2, 0) is 9.59 Å². The van der Waals surface area contributed by atoms with Gasteiger partial charge in [-0.05, 0) is 56.0 Å². The summed E-state index contributed by atoms with van der Waals surface area (Å²) in [4.78, 5) is 30.0. The molecule has 4 rings (SSSR count). The Morgan fingerprint density at radius 2 is 1.69 bits per heavy atom. The summed E-state index contributed by atoms with van der Waals surface area (Å²) in [5.41, 5.74) is 1.76. The minimum Gasteiger partial charge on any atom is -0.494 e. The van der Waals surface area contributed by atoms with Gasteiger partial charge in [0.15, 0.2) is 0 Å². The lowest BCUT2D eigenvalue weighted by Gasteiger charge is -2.29. The Labute approximate surface area is 169 Å². The SMILES string of the molecule is CCOc1cccc(N2C(=O)C(c3ccc(F)cc3)=C(N3CCCCC3)C2=O)c1. The first-order valence-electron chi connectivity index (χ1n) is 9.97. The lowest BCUT2D eigenvalue weighted by atomic mass is 10.0. The first kappa shape index (κ1) is 19.2. The zero-order chi connectivity index (χ0) is 20.4. The molecule has 0 bridgehead atoms. The highest BCUT2D eigenvalue weighted by Gasteiger charge is 2.42. The van der Waals surface area contributed by atoms with Crippen LogP contribution in [0.1, 0.15) is 31.7 Å². The number of anilines is 1. The molecule has 1 fully saturated rings. The Balaban J connectivity index is 1.79. The van der Waals surface area contributed by atoms with Crippen LogP contribution in [0.5, 0.6) is 5.75 Å². The monoisotopic (exact) mass is 394 g/mol. The summed E-state index contributed by atoms with van der Waals surface area (Å²) in [6, 6.07) is 12.7. The van der Waals surface area contributed by atoms with Crippen molar-refractivity contribution in [3.05, 3.63) is 65.6 Å². The number of halogens is 1. The van der Waals surface area contributed by atoms with Crippen molar-refractivity contribution in [3.63, 3.8) is 0 Å². The van der Waals surface area contributed by atoms with Crippen molar-refractivity contribution in [1.82, 2.24) is 4.90 Å². The van der Waals surface area contributed by atoms with Crippen molar-refractivity contribution in [2.24, 2.45) is 0 Å². The van der Waals surface area contributed by atoms with E-state index in [-0.39, 0.29) is 11.7 Å². The highest BCUT2D eigenvalue weighted by Crippen LogP contribution is 2.36. The largest absolute Gasteiger partial charge is 0.494 e. The summed E-state index contributed by atoms with van der Waals surface area (Å²) in [5.74, 6) is -0.520. The number of carbonyl (C=O) groups is 2. The number of carbonyl (C=O) groups excluding carboxylic acids is 2. The molecular formula is C23H23FN2O3. The average molecular weight is 394 g/mol. The summed E-state index contributed by atoms with van der Waals surface area (Å²) < 4.78 is 19.0. The van der Waals surface area contributed by atoms with Crippen LogP contribution in [-0.4, -0.2) is 36.4 Å². The number of amides is 2. The Bertz CT molecular complexity index is 962. The number of hydrogen-bond acceptors (Lipinski definition) is 4. The summed E-state index contributed by atoms with van der Waals surface area (Å²) in [6.45, 7) is 3.82. The topological polar surface area (TPSA) is 49.9 Å². The quantitative estimate of drug-likeness (QED) is 0.720. The lowest BCUT2D eigenvalue weighted by Crippen LogP contribution is -2.37. The van der Waals surface area contributed by atoms with Crippen LogP contribution in [0.4, 0.5) is 10.1 Å². The third kappa shape index (κ3) is 3.62. The van der Waals surface area contributed by atoms with Gasteiger partial charge in [0.1, 0.15) is 17.3 Å². The van der Waals surface area contributed by atoms with E-state index in [0.29, 0.717) is 34.9 Å². The molecule has 150 valence electrons. The molecule has 2 aromatic carbocycles. The summed E-state index contributed by atoms with van der Waals surface area (Å²) in [5, 5.41) is 0. The fraction of sp³-hybridized carbons (Fsp3) is 0.304. The van der Waals surface area contributed by atoms with E-state index in [9.17, 15) is 14.0 Å². The molecule has 2 aromatic rings. The molecule has 0 unspecified atom stereocenters. The lowest BCUT2D eigenvalue weighted by molar-refractivity contribution is -0.120. The molecule has 2 aliphatic heterocycles. The van der Waals surface area contributed by atoms with Gasteiger partial charge in [-0.3, -0.25) is 9.59 Å². The first-order valence-corrected chi connectivity index (χ1v) is 9.97. The smallest absolute Gasteiger partial charge is 0.282 e. The van der Waals surface area contributed by atoms with E-state index in [1.807, 2.05) is 11.8 Å². The van der Waals surface area contributed by atoms with Crippen molar-refractivity contribution in [3.8, 4) is 5.75 Å². The van der Waals surface area contributed by atoms with Gasteiger partial charge in [-0.1, -0.05) is 18.2 Å². The van der Waals surface area contributed by atoms with Crippen LogP contribution in [0.3, 0.4) is 0 Å². The molecule has 2 amide bonds. The molecule has 1 saturated heterocycles. The third-order valence-electron chi connectivity index (χ3n) is 5.25. The molecule has 0 spiro atoms. The minimum atomic E-state index is -0.393. The Hall–Kier alpha value is -3.15. The predicted molar refractivity (Wildman–Crippen MR) is 109 cm³/mol. The van der Waals surface area contributed by atoms with E-state index in [1.54, 1.807) is 36.4 Å². The molecule has 0 N–H and O–H groups in total. The molecule has 0 aromatic heterocycles. The van der Waals surface area contributed by atoms with Crippen LogP contribution >= 0.6 is 0 Å². The molecule has 0 saturated carbocycles. The average Bonchev–Trinajstić information content (AvgIpc) is 3.00. The Kier molecular flexibility index (Phi) is 5.34. The number of piperidine rings is 1. The van der Waals surface area contributed by atoms with Crippen molar-refractivity contribution in [2.75, 3.05) is 24.6 Å². The third-order valence-corrected chi connectivity index (χ3v) is 5.25. The van der Waals surface area contributed by atoms with E-state index in [1.165, 1.54) is 17.0 Å². The van der Waals surface area contributed by atoms with Crippen molar-refractivity contribution < 1.29 is 18.7 Å². The number of hydrogen-bond donors (Lipinski definition) is 0. The molecule has 2 heterocycles. The highest BCUT2D eigenvalue weighted by atomic mass is 19.1. The fourth-order valence-electron chi connectivity index (χ4n) is 3.92. The van der Waals surface area contributed by atoms with Gasteiger partial charge in [-0.2, -0.15) is 0 Å². The molecule has 5 nitrogen and oxygen atoms in total. The predicted octanol–water partition coefficient (Wildman–Crippen LogP) is 3.99. The van der Waals surface area contributed by atoms with Crippen LogP contribution < -0.4 is 9.64 Å². The molecule has 2 aliphatic rings. The second kappa shape index (κ2) is 8.07. The Morgan fingerprint density at radius 1 is 0.966 bits per heavy atom. The maximum atomic E-state index is 13.5.